The lowest BCUT2D eigenvalue weighted by atomic mass is 10.2. The molecule has 0 aliphatic rings. The van der Waals surface area contributed by atoms with Gasteiger partial charge in [0.2, 0.25) is 5.75 Å². The summed E-state index contributed by atoms with van der Waals surface area (Å²) < 4.78 is 40.7. The molecule has 0 atom stereocenters. The first-order valence-corrected chi connectivity index (χ1v) is 11.1. The molecule has 0 aromatic heterocycles. The molecule has 0 aliphatic carbocycles. The van der Waals surface area contributed by atoms with E-state index < -0.39 is 9.84 Å². The van der Waals surface area contributed by atoms with Gasteiger partial charge < -0.3 is 24.8 Å². The second-order valence-corrected chi connectivity index (χ2v) is 8.48. The molecule has 2 rings (SSSR count). The predicted molar refractivity (Wildman–Crippen MR) is 133 cm³/mol. The first-order valence-electron chi connectivity index (χ1n) is 9.46. The number of aliphatic imine (C=N–C) groups is 1. The highest BCUT2D eigenvalue weighted by atomic mass is 127. The minimum Gasteiger partial charge on any atom is -0.493 e. The highest BCUT2D eigenvalue weighted by molar-refractivity contribution is 14.0. The zero-order chi connectivity index (χ0) is 22.0. The number of nitrogens with zero attached hydrogens (tertiary/aromatic N) is 1. The van der Waals surface area contributed by atoms with Crippen molar-refractivity contribution in [3.8, 4) is 17.2 Å². The minimum absolute atomic E-state index is 0. The topological polar surface area (TPSA) is 98.3 Å². The molecule has 0 bridgehead atoms. The summed E-state index contributed by atoms with van der Waals surface area (Å²) in [6.45, 7) is 0.944. The van der Waals surface area contributed by atoms with Crippen LogP contribution in [-0.2, 0) is 16.4 Å². The maximum atomic E-state index is 12.3. The average molecular weight is 563 g/mol. The third-order valence-electron chi connectivity index (χ3n) is 4.39. The zero-order valence-electron chi connectivity index (χ0n) is 18.2. The molecular weight excluding hydrogens is 533 g/mol. The van der Waals surface area contributed by atoms with Crippen LogP contribution in [0.15, 0.2) is 52.4 Å². The van der Waals surface area contributed by atoms with Crippen LogP contribution in [0.5, 0.6) is 17.2 Å². The molecule has 0 unspecified atom stereocenters. The first kappa shape index (κ1) is 26.8. The summed E-state index contributed by atoms with van der Waals surface area (Å²) in [7, 11) is 3.07. The minimum atomic E-state index is -3.28. The highest BCUT2D eigenvalue weighted by Crippen LogP contribution is 2.38. The lowest BCUT2D eigenvalue weighted by Crippen LogP contribution is -2.37. The number of nitrogens with one attached hydrogen (secondary N) is 2. The molecule has 0 heterocycles. The van der Waals surface area contributed by atoms with Crippen molar-refractivity contribution in [2.45, 2.75) is 17.9 Å². The Hall–Kier alpha value is -2.21. The predicted octanol–water partition coefficient (Wildman–Crippen LogP) is 2.86. The van der Waals surface area contributed by atoms with Gasteiger partial charge in [0.05, 0.1) is 32.0 Å². The highest BCUT2D eigenvalue weighted by Gasteiger charge is 2.14. The molecule has 0 aliphatic heterocycles. The number of sulfone groups is 1. The Labute approximate surface area is 201 Å². The Bertz CT molecular complexity index is 928. The van der Waals surface area contributed by atoms with E-state index in [2.05, 4.69) is 15.6 Å². The summed E-state index contributed by atoms with van der Waals surface area (Å²) in [5.74, 6) is 2.31. The Morgan fingerprint density at radius 3 is 2.10 bits per heavy atom. The van der Waals surface area contributed by atoms with Crippen molar-refractivity contribution < 1.29 is 22.6 Å². The molecule has 2 N–H and O–H groups in total. The van der Waals surface area contributed by atoms with Crippen LogP contribution in [0.25, 0.3) is 0 Å². The Balaban J connectivity index is 0.00000480. The first-order chi connectivity index (χ1) is 14.4. The molecule has 31 heavy (non-hydrogen) atoms. The number of halogens is 1. The summed E-state index contributed by atoms with van der Waals surface area (Å²) in [6.07, 6.45) is 0.460. The molecule has 0 saturated heterocycles. The van der Waals surface area contributed by atoms with E-state index in [-0.39, 0.29) is 29.7 Å². The van der Waals surface area contributed by atoms with Crippen molar-refractivity contribution in [3.05, 3.63) is 48.0 Å². The van der Waals surface area contributed by atoms with Crippen molar-refractivity contribution in [2.75, 3.05) is 40.7 Å². The Kier molecular flexibility index (Phi) is 11.5. The fourth-order valence-corrected chi connectivity index (χ4v) is 4.19. The number of guanidine groups is 1. The summed E-state index contributed by atoms with van der Waals surface area (Å²) >= 11 is 0. The lowest BCUT2D eigenvalue weighted by Gasteiger charge is -2.16. The van der Waals surface area contributed by atoms with Gasteiger partial charge in [0.15, 0.2) is 27.3 Å². The van der Waals surface area contributed by atoms with Gasteiger partial charge in [-0.1, -0.05) is 18.2 Å². The summed E-state index contributed by atoms with van der Waals surface area (Å²) in [4.78, 5) is 4.51. The number of methoxy groups -OCH3 is 3. The molecule has 0 saturated carbocycles. The smallest absolute Gasteiger partial charge is 0.203 e. The SMILES string of the molecule is CN=C(NCCCS(=O)(=O)c1ccccc1)NCc1cc(OC)c(OC)c(OC)c1.I. The maximum Gasteiger partial charge on any atom is 0.203 e. The molecule has 10 heteroatoms. The van der Waals surface area contributed by atoms with E-state index in [1.165, 1.54) is 0 Å². The van der Waals surface area contributed by atoms with Crippen molar-refractivity contribution in [3.63, 3.8) is 0 Å². The van der Waals surface area contributed by atoms with Gasteiger partial charge in [0.1, 0.15) is 0 Å². The summed E-state index contributed by atoms with van der Waals surface area (Å²) in [5, 5.41) is 6.32. The summed E-state index contributed by atoms with van der Waals surface area (Å²) in [6, 6.07) is 12.2. The Morgan fingerprint density at radius 1 is 0.968 bits per heavy atom. The van der Waals surface area contributed by atoms with Crippen LogP contribution in [0.2, 0.25) is 0 Å². The molecule has 0 amide bonds. The van der Waals surface area contributed by atoms with Crippen LogP contribution in [0.4, 0.5) is 0 Å². The Morgan fingerprint density at radius 2 is 1.58 bits per heavy atom. The third kappa shape index (κ3) is 7.76. The molecule has 2 aromatic rings. The van der Waals surface area contributed by atoms with E-state index in [1.807, 2.05) is 12.1 Å². The van der Waals surface area contributed by atoms with Gasteiger partial charge in [0, 0.05) is 20.1 Å². The van der Waals surface area contributed by atoms with Gasteiger partial charge in [-0.3, -0.25) is 4.99 Å². The van der Waals surface area contributed by atoms with Gasteiger partial charge in [-0.25, -0.2) is 8.42 Å². The van der Waals surface area contributed by atoms with Gasteiger partial charge >= 0.3 is 0 Å². The van der Waals surface area contributed by atoms with Crippen molar-refractivity contribution in [1.82, 2.24) is 10.6 Å². The molecule has 2 aromatic carbocycles. The second-order valence-electron chi connectivity index (χ2n) is 6.37. The fraction of sp³-hybridized carbons (Fsp3) is 0.381. The molecule has 172 valence electrons. The van der Waals surface area contributed by atoms with Gasteiger partial charge in [-0.2, -0.15) is 0 Å². The standard InChI is InChI=1S/C21H29N3O5S.HI/c1-22-21(23-11-8-12-30(25,26)17-9-6-5-7-10-17)24-15-16-13-18(27-2)20(29-4)19(14-16)28-3;/h5-7,9-10,13-14H,8,11-12,15H2,1-4H3,(H2,22,23,24);1H. The third-order valence-corrected chi connectivity index (χ3v) is 6.21. The molecule has 0 radical (unpaired) electrons. The second kappa shape index (κ2) is 13.3. The van der Waals surface area contributed by atoms with Crippen molar-refractivity contribution in [1.29, 1.82) is 0 Å². The van der Waals surface area contributed by atoms with Gasteiger partial charge in [-0.05, 0) is 36.2 Å². The molecule has 0 spiro atoms. The molecule has 8 nitrogen and oxygen atoms in total. The van der Waals surface area contributed by atoms with Crippen LogP contribution in [0.3, 0.4) is 0 Å². The van der Waals surface area contributed by atoms with Gasteiger partial charge in [-0.15, -0.1) is 24.0 Å². The number of hydrogen-bond acceptors (Lipinski definition) is 6. The molecule has 0 fully saturated rings. The van der Waals surface area contributed by atoms with E-state index in [0.29, 0.717) is 47.6 Å². The molecular formula is C21H30IN3O5S. The van der Waals surface area contributed by atoms with E-state index in [4.69, 9.17) is 14.2 Å². The monoisotopic (exact) mass is 563 g/mol. The largest absolute Gasteiger partial charge is 0.493 e. The van der Waals surface area contributed by atoms with E-state index in [0.717, 1.165) is 5.56 Å². The summed E-state index contributed by atoms with van der Waals surface area (Å²) in [5.41, 5.74) is 0.916. The van der Waals surface area contributed by atoms with Crippen LogP contribution in [0.1, 0.15) is 12.0 Å². The maximum absolute atomic E-state index is 12.3. The number of rotatable bonds is 10. The van der Waals surface area contributed by atoms with Crippen LogP contribution in [-0.4, -0.2) is 55.1 Å². The number of ether oxygens (including phenoxy) is 3. The van der Waals surface area contributed by atoms with Crippen molar-refractivity contribution >= 4 is 39.8 Å². The number of hydrogen-bond donors (Lipinski definition) is 2. The fourth-order valence-electron chi connectivity index (χ4n) is 2.86. The zero-order valence-corrected chi connectivity index (χ0v) is 21.3. The van der Waals surface area contributed by atoms with E-state index in [9.17, 15) is 8.42 Å². The quantitative estimate of drug-likeness (QED) is 0.199. The average Bonchev–Trinajstić information content (AvgIpc) is 2.78. The van der Waals surface area contributed by atoms with Crippen molar-refractivity contribution in [2.24, 2.45) is 4.99 Å². The normalized spacial score (nSPS) is 11.3. The van der Waals surface area contributed by atoms with E-state index in [1.54, 1.807) is 58.7 Å². The van der Waals surface area contributed by atoms with Crippen LogP contribution in [0, 0.1) is 0 Å². The van der Waals surface area contributed by atoms with Gasteiger partial charge in [0.25, 0.3) is 0 Å². The van der Waals surface area contributed by atoms with Crippen LogP contribution < -0.4 is 24.8 Å². The van der Waals surface area contributed by atoms with Crippen LogP contribution >= 0.6 is 24.0 Å². The van der Waals surface area contributed by atoms with E-state index >= 15 is 0 Å². The number of benzene rings is 2. The lowest BCUT2D eigenvalue weighted by molar-refractivity contribution is 0.323.